The van der Waals surface area contributed by atoms with Gasteiger partial charge in [-0.3, -0.25) is 30.6 Å². The van der Waals surface area contributed by atoms with Gasteiger partial charge in [0.25, 0.3) is 11.6 Å². The van der Waals surface area contributed by atoms with Gasteiger partial charge in [0.1, 0.15) is 5.82 Å². The number of carbonyl (C=O) groups excluding carboxylic acids is 2. The number of benzene rings is 2. The molecule has 0 atom stereocenters. The number of amides is 2. The fourth-order valence-electron chi connectivity index (χ4n) is 2.85. The van der Waals surface area contributed by atoms with Crippen molar-refractivity contribution in [3.05, 3.63) is 88.8 Å². The Hall–Kier alpha value is -4.14. The van der Waals surface area contributed by atoms with E-state index in [9.17, 15) is 19.7 Å². The zero-order chi connectivity index (χ0) is 21.0. The molecule has 3 N–H and O–H groups in total. The highest BCUT2D eigenvalue weighted by atomic mass is 16.6. The van der Waals surface area contributed by atoms with Gasteiger partial charge >= 0.3 is 0 Å². The van der Waals surface area contributed by atoms with E-state index in [1.54, 1.807) is 4.90 Å². The van der Waals surface area contributed by atoms with Crippen LogP contribution in [0.4, 0.5) is 11.4 Å². The molecule has 0 radical (unpaired) electrons. The molecule has 3 rings (SSSR count). The SMILES string of the molecule is C=C1Nc2ccccc2C(=C)N1CCC(=O)NNC(=O)c1ccc([N+](=O)[O-])cc1. The van der Waals surface area contributed by atoms with Crippen LogP contribution in [0.3, 0.4) is 0 Å². The quantitative estimate of drug-likeness (QED) is 0.531. The normalized spacial score (nSPS) is 12.6. The molecule has 0 spiro atoms. The molecule has 2 aromatic carbocycles. The summed E-state index contributed by atoms with van der Waals surface area (Å²) >= 11 is 0. The molecule has 2 amide bonds. The van der Waals surface area contributed by atoms with Gasteiger partial charge in [0.15, 0.2) is 0 Å². The van der Waals surface area contributed by atoms with Crippen LogP contribution < -0.4 is 16.2 Å². The number of hydrogen-bond donors (Lipinski definition) is 3. The topological polar surface area (TPSA) is 117 Å². The van der Waals surface area contributed by atoms with E-state index in [1.165, 1.54) is 24.3 Å². The summed E-state index contributed by atoms with van der Waals surface area (Å²) in [5.41, 5.74) is 7.23. The molecule has 1 aliphatic rings. The second-order valence-electron chi connectivity index (χ2n) is 6.27. The average Bonchev–Trinajstić information content (AvgIpc) is 2.72. The van der Waals surface area contributed by atoms with E-state index in [4.69, 9.17) is 0 Å². The molecule has 2 aromatic rings. The Morgan fingerprint density at radius 2 is 1.76 bits per heavy atom. The molecule has 9 heteroatoms. The van der Waals surface area contributed by atoms with E-state index in [2.05, 4.69) is 29.3 Å². The fourth-order valence-corrected chi connectivity index (χ4v) is 2.85. The third kappa shape index (κ3) is 4.41. The third-order valence-electron chi connectivity index (χ3n) is 4.39. The van der Waals surface area contributed by atoms with Crippen LogP contribution in [0.25, 0.3) is 5.70 Å². The zero-order valence-corrected chi connectivity index (χ0v) is 15.5. The standard InChI is InChI=1S/C20H19N5O4/c1-13-17-5-3-4-6-18(17)21-14(2)24(13)12-11-19(26)22-23-20(27)15-7-9-16(10-8-15)25(28)29/h3-10,21H,1-2,11-12H2,(H,22,26)(H,23,27). The Morgan fingerprint density at radius 3 is 2.45 bits per heavy atom. The number of hydrogen-bond acceptors (Lipinski definition) is 6. The minimum absolute atomic E-state index is 0.0857. The van der Waals surface area contributed by atoms with E-state index < -0.39 is 16.7 Å². The van der Waals surface area contributed by atoms with Gasteiger partial charge in [-0.15, -0.1) is 0 Å². The largest absolute Gasteiger partial charge is 0.342 e. The molecule has 0 unspecified atom stereocenters. The Labute approximate surface area is 166 Å². The summed E-state index contributed by atoms with van der Waals surface area (Å²) in [6.07, 6.45) is 0.0857. The van der Waals surface area contributed by atoms with Crippen LogP contribution in [0.15, 0.2) is 67.5 Å². The molecule has 0 fully saturated rings. The van der Waals surface area contributed by atoms with Gasteiger partial charge in [-0.05, 0) is 18.2 Å². The van der Waals surface area contributed by atoms with E-state index in [1.807, 2.05) is 24.3 Å². The number of hydrazine groups is 1. The summed E-state index contributed by atoms with van der Waals surface area (Å²) in [6, 6.07) is 12.7. The van der Waals surface area contributed by atoms with Crippen LogP contribution in [0.2, 0.25) is 0 Å². The highest BCUT2D eigenvalue weighted by Gasteiger charge is 2.22. The molecule has 1 aliphatic heterocycles. The summed E-state index contributed by atoms with van der Waals surface area (Å²) in [7, 11) is 0. The maximum absolute atomic E-state index is 12.1. The summed E-state index contributed by atoms with van der Waals surface area (Å²) in [4.78, 5) is 36.0. The van der Waals surface area contributed by atoms with Crippen LogP contribution in [-0.4, -0.2) is 28.2 Å². The number of rotatable bonds is 5. The molecular weight excluding hydrogens is 374 g/mol. The van der Waals surface area contributed by atoms with E-state index in [-0.39, 0.29) is 17.7 Å². The van der Waals surface area contributed by atoms with Gasteiger partial charge in [-0.1, -0.05) is 31.4 Å². The van der Waals surface area contributed by atoms with Crippen molar-refractivity contribution in [1.82, 2.24) is 15.8 Å². The monoisotopic (exact) mass is 393 g/mol. The van der Waals surface area contributed by atoms with Crippen molar-refractivity contribution in [2.45, 2.75) is 6.42 Å². The van der Waals surface area contributed by atoms with Crippen LogP contribution in [0.5, 0.6) is 0 Å². The molecule has 9 nitrogen and oxygen atoms in total. The predicted molar refractivity (Wildman–Crippen MR) is 108 cm³/mol. The third-order valence-corrected chi connectivity index (χ3v) is 4.39. The van der Waals surface area contributed by atoms with E-state index in [0.29, 0.717) is 12.4 Å². The Bertz CT molecular complexity index is 1000. The lowest BCUT2D eigenvalue weighted by molar-refractivity contribution is -0.384. The van der Waals surface area contributed by atoms with Gasteiger partial charge in [0.05, 0.1) is 4.92 Å². The zero-order valence-electron chi connectivity index (χ0n) is 15.5. The van der Waals surface area contributed by atoms with Crippen LogP contribution in [-0.2, 0) is 4.79 Å². The maximum Gasteiger partial charge on any atom is 0.269 e. The second kappa shape index (κ2) is 8.26. The second-order valence-corrected chi connectivity index (χ2v) is 6.27. The first-order valence-corrected chi connectivity index (χ1v) is 8.72. The van der Waals surface area contributed by atoms with Crippen molar-refractivity contribution in [3.63, 3.8) is 0 Å². The first-order valence-electron chi connectivity index (χ1n) is 8.72. The van der Waals surface area contributed by atoms with E-state index >= 15 is 0 Å². The van der Waals surface area contributed by atoms with Crippen molar-refractivity contribution in [2.75, 3.05) is 11.9 Å². The predicted octanol–water partition coefficient (Wildman–Crippen LogP) is 2.62. The average molecular weight is 393 g/mol. The number of nitrogens with one attached hydrogen (secondary N) is 3. The van der Waals surface area contributed by atoms with Gasteiger partial charge in [-0.2, -0.15) is 0 Å². The molecule has 148 valence electrons. The molecular formula is C20H19N5O4. The highest BCUT2D eigenvalue weighted by molar-refractivity contribution is 5.95. The van der Waals surface area contributed by atoms with Crippen LogP contribution >= 0.6 is 0 Å². The minimum atomic E-state index is -0.573. The van der Waals surface area contributed by atoms with Crippen molar-refractivity contribution in [2.24, 2.45) is 0 Å². The molecule has 1 heterocycles. The number of nitro benzene ring substituents is 1. The minimum Gasteiger partial charge on any atom is -0.342 e. The number of fused-ring (bicyclic) bond motifs is 1. The van der Waals surface area contributed by atoms with Crippen molar-refractivity contribution in [3.8, 4) is 0 Å². The lowest BCUT2D eigenvalue weighted by atomic mass is 10.1. The molecule has 0 aliphatic carbocycles. The van der Waals surface area contributed by atoms with Crippen molar-refractivity contribution >= 4 is 28.9 Å². The summed E-state index contributed by atoms with van der Waals surface area (Å²) in [5, 5.41) is 13.8. The van der Waals surface area contributed by atoms with Crippen molar-refractivity contribution < 1.29 is 14.5 Å². The molecule has 0 saturated heterocycles. The number of carbonyl (C=O) groups is 2. The van der Waals surface area contributed by atoms with Crippen LogP contribution in [0.1, 0.15) is 22.3 Å². The first kappa shape index (κ1) is 19.6. The highest BCUT2D eigenvalue weighted by Crippen LogP contribution is 2.33. The number of anilines is 1. The number of para-hydroxylation sites is 1. The maximum atomic E-state index is 12.1. The van der Waals surface area contributed by atoms with Crippen LogP contribution in [0, 0.1) is 10.1 Å². The molecule has 29 heavy (non-hydrogen) atoms. The van der Waals surface area contributed by atoms with Gasteiger partial charge < -0.3 is 10.2 Å². The molecule has 0 saturated carbocycles. The molecule has 0 bridgehead atoms. The van der Waals surface area contributed by atoms with Gasteiger partial charge in [0.2, 0.25) is 5.91 Å². The Kier molecular flexibility index (Phi) is 5.59. The smallest absolute Gasteiger partial charge is 0.269 e. The summed E-state index contributed by atoms with van der Waals surface area (Å²) < 4.78 is 0. The fraction of sp³-hybridized carbons (Fsp3) is 0.100. The molecule has 0 aromatic heterocycles. The number of nitrogens with zero attached hydrogens (tertiary/aromatic N) is 2. The van der Waals surface area contributed by atoms with Gasteiger partial charge in [-0.25, -0.2) is 0 Å². The summed E-state index contributed by atoms with van der Waals surface area (Å²) in [5.74, 6) is -0.369. The Morgan fingerprint density at radius 1 is 1.07 bits per heavy atom. The van der Waals surface area contributed by atoms with Crippen molar-refractivity contribution in [1.29, 1.82) is 0 Å². The summed E-state index contributed by atoms with van der Waals surface area (Å²) in [6.45, 7) is 8.35. The first-order chi connectivity index (χ1) is 13.9. The lowest BCUT2D eigenvalue weighted by Crippen LogP contribution is -2.43. The number of nitro groups is 1. The number of non-ortho nitro benzene ring substituents is 1. The van der Waals surface area contributed by atoms with Gasteiger partial charge in [0, 0.05) is 47.6 Å². The Balaban J connectivity index is 1.51. The van der Waals surface area contributed by atoms with E-state index in [0.717, 1.165) is 16.9 Å². The lowest BCUT2D eigenvalue weighted by Gasteiger charge is -2.35.